The van der Waals surface area contributed by atoms with E-state index in [0.29, 0.717) is 12.0 Å². The van der Waals surface area contributed by atoms with Crippen molar-refractivity contribution in [1.82, 2.24) is 19.7 Å². The van der Waals surface area contributed by atoms with E-state index in [1.165, 1.54) is 44.8 Å². The van der Waals surface area contributed by atoms with Crippen molar-refractivity contribution in [3.05, 3.63) is 30.1 Å². The Labute approximate surface area is 139 Å². The third kappa shape index (κ3) is 3.43. The molecule has 0 spiro atoms. The SMILES string of the molecule is CN1CCN([C@@H]2COC[C@H]3CN(Cc4cccnc4)C[C@H]32)CC1. The lowest BCUT2D eigenvalue weighted by Gasteiger charge is -2.44. The zero-order chi connectivity index (χ0) is 15.6. The van der Waals surface area contributed by atoms with Crippen LogP contribution in [0.3, 0.4) is 0 Å². The maximum absolute atomic E-state index is 5.98. The topological polar surface area (TPSA) is 31.8 Å². The number of likely N-dealkylation sites (N-methyl/N-ethyl adjacent to an activating group) is 1. The van der Waals surface area contributed by atoms with Gasteiger partial charge in [-0.1, -0.05) is 6.07 Å². The van der Waals surface area contributed by atoms with E-state index in [0.717, 1.165) is 25.7 Å². The largest absolute Gasteiger partial charge is 0.379 e. The molecule has 0 amide bonds. The predicted octanol–water partition coefficient (Wildman–Crippen LogP) is 0.776. The fourth-order valence-electron chi connectivity index (χ4n) is 4.47. The zero-order valence-corrected chi connectivity index (χ0v) is 14.1. The van der Waals surface area contributed by atoms with Crippen LogP contribution >= 0.6 is 0 Å². The first-order chi connectivity index (χ1) is 11.3. The second kappa shape index (κ2) is 6.85. The number of rotatable bonds is 3. The Balaban J connectivity index is 1.40. The number of likely N-dealkylation sites (tertiary alicyclic amines) is 1. The van der Waals surface area contributed by atoms with Crippen molar-refractivity contribution in [3.63, 3.8) is 0 Å². The van der Waals surface area contributed by atoms with Gasteiger partial charge in [0.05, 0.1) is 13.2 Å². The molecule has 5 nitrogen and oxygen atoms in total. The van der Waals surface area contributed by atoms with Gasteiger partial charge in [0.15, 0.2) is 0 Å². The van der Waals surface area contributed by atoms with E-state index >= 15 is 0 Å². The monoisotopic (exact) mass is 316 g/mol. The first-order valence-corrected chi connectivity index (χ1v) is 8.91. The lowest BCUT2D eigenvalue weighted by Crippen LogP contribution is -2.56. The zero-order valence-electron chi connectivity index (χ0n) is 14.1. The maximum Gasteiger partial charge on any atom is 0.0625 e. The average molecular weight is 316 g/mol. The van der Waals surface area contributed by atoms with Crippen molar-refractivity contribution in [1.29, 1.82) is 0 Å². The first kappa shape index (κ1) is 15.5. The predicted molar refractivity (Wildman–Crippen MR) is 90.2 cm³/mol. The van der Waals surface area contributed by atoms with E-state index < -0.39 is 0 Å². The van der Waals surface area contributed by atoms with Gasteiger partial charge in [-0.05, 0) is 24.6 Å². The van der Waals surface area contributed by atoms with Crippen LogP contribution in [0.5, 0.6) is 0 Å². The van der Waals surface area contributed by atoms with Gasteiger partial charge in [-0.15, -0.1) is 0 Å². The average Bonchev–Trinajstić information content (AvgIpc) is 2.99. The molecule has 0 aliphatic carbocycles. The molecule has 1 aromatic rings. The van der Waals surface area contributed by atoms with E-state index in [-0.39, 0.29) is 0 Å². The van der Waals surface area contributed by atoms with E-state index in [1.807, 2.05) is 18.5 Å². The van der Waals surface area contributed by atoms with Crippen LogP contribution in [0.15, 0.2) is 24.5 Å². The summed E-state index contributed by atoms with van der Waals surface area (Å²) in [5.41, 5.74) is 1.32. The van der Waals surface area contributed by atoms with Crippen LogP contribution in [0, 0.1) is 11.8 Å². The normalized spacial score (nSPS) is 33.7. The lowest BCUT2D eigenvalue weighted by atomic mass is 9.86. The van der Waals surface area contributed by atoms with Gasteiger partial charge in [0.2, 0.25) is 0 Å². The number of fused-ring (bicyclic) bond motifs is 1. The number of aromatic nitrogens is 1. The molecule has 0 unspecified atom stereocenters. The number of hydrogen-bond donors (Lipinski definition) is 0. The summed E-state index contributed by atoms with van der Waals surface area (Å²) in [4.78, 5) is 12.0. The van der Waals surface area contributed by atoms with Crippen LogP contribution < -0.4 is 0 Å². The van der Waals surface area contributed by atoms with Gasteiger partial charge in [0.25, 0.3) is 0 Å². The van der Waals surface area contributed by atoms with Crippen LogP contribution in [0.1, 0.15) is 5.56 Å². The number of pyridine rings is 1. The lowest BCUT2D eigenvalue weighted by molar-refractivity contribution is -0.0485. The van der Waals surface area contributed by atoms with Crippen molar-refractivity contribution in [2.45, 2.75) is 12.6 Å². The minimum atomic E-state index is 0.612. The molecular formula is C18H28N4O. The van der Waals surface area contributed by atoms with Crippen LogP contribution in [-0.2, 0) is 11.3 Å². The summed E-state index contributed by atoms with van der Waals surface area (Å²) in [5.74, 6) is 1.47. The Morgan fingerprint density at radius 2 is 2.04 bits per heavy atom. The number of hydrogen-bond acceptors (Lipinski definition) is 5. The van der Waals surface area contributed by atoms with Gasteiger partial charge in [-0.25, -0.2) is 0 Å². The van der Waals surface area contributed by atoms with Crippen LogP contribution in [0.4, 0.5) is 0 Å². The summed E-state index contributed by atoms with van der Waals surface area (Å²) < 4.78 is 5.98. The summed E-state index contributed by atoms with van der Waals surface area (Å²) >= 11 is 0. The molecule has 1 aromatic heterocycles. The summed E-state index contributed by atoms with van der Waals surface area (Å²) in [6.45, 7) is 10.0. The van der Waals surface area contributed by atoms with Crippen molar-refractivity contribution >= 4 is 0 Å². The van der Waals surface area contributed by atoms with Crippen molar-refractivity contribution < 1.29 is 4.74 Å². The molecule has 4 rings (SSSR count). The highest BCUT2D eigenvalue weighted by molar-refractivity contribution is 5.09. The molecule has 3 aliphatic rings. The Bertz CT molecular complexity index is 503. The molecule has 0 bridgehead atoms. The van der Waals surface area contributed by atoms with Crippen LogP contribution in [0.2, 0.25) is 0 Å². The van der Waals surface area contributed by atoms with Gasteiger partial charge in [-0.3, -0.25) is 14.8 Å². The molecule has 0 saturated carbocycles. The molecule has 3 saturated heterocycles. The first-order valence-electron chi connectivity index (χ1n) is 8.91. The molecule has 5 heteroatoms. The minimum absolute atomic E-state index is 0.612. The quantitative estimate of drug-likeness (QED) is 0.823. The second-order valence-corrected chi connectivity index (χ2v) is 7.42. The number of ether oxygens (including phenoxy) is 1. The molecular weight excluding hydrogens is 288 g/mol. The van der Waals surface area contributed by atoms with Gasteiger partial charge < -0.3 is 9.64 Å². The molecule has 126 valence electrons. The molecule has 3 fully saturated rings. The fraction of sp³-hybridized carbons (Fsp3) is 0.722. The van der Waals surface area contributed by atoms with Crippen molar-refractivity contribution in [2.24, 2.45) is 11.8 Å². The van der Waals surface area contributed by atoms with E-state index in [2.05, 4.69) is 32.8 Å². The highest BCUT2D eigenvalue weighted by Crippen LogP contribution is 2.33. The van der Waals surface area contributed by atoms with Gasteiger partial charge in [0.1, 0.15) is 0 Å². The Morgan fingerprint density at radius 3 is 2.83 bits per heavy atom. The molecule has 23 heavy (non-hydrogen) atoms. The van der Waals surface area contributed by atoms with Gasteiger partial charge >= 0.3 is 0 Å². The highest BCUT2D eigenvalue weighted by atomic mass is 16.5. The smallest absolute Gasteiger partial charge is 0.0625 e. The van der Waals surface area contributed by atoms with E-state index in [1.54, 1.807) is 0 Å². The molecule has 0 aromatic carbocycles. The summed E-state index contributed by atoms with van der Waals surface area (Å²) in [5, 5.41) is 0. The van der Waals surface area contributed by atoms with Gasteiger partial charge in [-0.2, -0.15) is 0 Å². The Kier molecular flexibility index (Phi) is 4.62. The summed E-state index contributed by atoms with van der Waals surface area (Å²) in [7, 11) is 2.22. The van der Waals surface area contributed by atoms with Crippen molar-refractivity contribution in [2.75, 3.05) is 59.5 Å². The standard InChI is InChI=1S/C18H28N4O/c1-20-5-7-22(8-6-20)18-14-23-13-16-11-21(12-17(16)18)10-15-3-2-4-19-9-15/h2-4,9,16-18H,5-8,10-14H2,1H3/t16-,17-,18-/m1/s1. The number of nitrogens with zero attached hydrogens (tertiary/aromatic N) is 4. The fourth-order valence-corrected chi connectivity index (χ4v) is 4.47. The van der Waals surface area contributed by atoms with E-state index in [9.17, 15) is 0 Å². The Morgan fingerprint density at radius 1 is 1.17 bits per heavy atom. The molecule has 3 atom stereocenters. The minimum Gasteiger partial charge on any atom is -0.379 e. The Hall–Kier alpha value is -1.01. The highest BCUT2D eigenvalue weighted by Gasteiger charge is 2.43. The summed E-state index contributed by atoms with van der Waals surface area (Å²) in [6, 6.07) is 4.83. The molecule has 4 heterocycles. The van der Waals surface area contributed by atoms with Gasteiger partial charge in [0, 0.05) is 70.2 Å². The van der Waals surface area contributed by atoms with Crippen molar-refractivity contribution in [3.8, 4) is 0 Å². The number of piperazine rings is 1. The summed E-state index contributed by atoms with van der Waals surface area (Å²) in [6.07, 6.45) is 3.85. The second-order valence-electron chi connectivity index (χ2n) is 7.42. The van der Waals surface area contributed by atoms with Crippen LogP contribution in [-0.4, -0.2) is 85.3 Å². The molecule has 0 radical (unpaired) electrons. The van der Waals surface area contributed by atoms with E-state index in [4.69, 9.17) is 4.74 Å². The molecule has 3 aliphatic heterocycles. The van der Waals surface area contributed by atoms with Crippen LogP contribution in [0.25, 0.3) is 0 Å². The third-order valence-corrected chi connectivity index (χ3v) is 5.82. The maximum atomic E-state index is 5.98. The molecule has 0 N–H and O–H groups in total. The third-order valence-electron chi connectivity index (χ3n) is 5.82.